The first kappa shape index (κ1) is 13.1. The van der Waals surface area contributed by atoms with Gasteiger partial charge in [-0.2, -0.15) is 0 Å². The number of methoxy groups -OCH3 is 1. The van der Waals surface area contributed by atoms with Gasteiger partial charge in [0, 0.05) is 5.56 Å². The molecule has 3 heteroatoms. The van der Waals surface area contributed by atoms with E-state index in [2.05, 4.69) is 11.8 Å². The molecule has 0 N–H and O–H groups in total. The first-order chi connectivity index (χ1) is 8.31. The fourth-order valence-corrected chi connectivity index (χ4v) is 1.25. The molecule has 0 aliphatic heterocycles. The van der Waals surface area contributed by atoms with Crippen molar-refractivity contribution in [2.75, 3.05) is 20.3 Å². The molecule has 1 rings (SSSR count). The van der Waals surface area contributed by atoms with Crippen LogP contribution in [0, 0.1) is 24.7 Å². The Morgan fingerprint density at radius 3 is 2.00 bits per heavy atom. The lowest BCUT2D eigenvalue weighted by Gasteiger charge is -2.16. The first-order valence-electron chi connectivity index (χ1n) is 5.06. The molecule has 0 aliphatic rings. The van der Waals surface area contributed by atoms with Gasteiger partial charge in [-0.1, -0.05) is 24.0 Å². The summed E-state index contributed by atoms with van der Waals surface area (Å²) < 4.78 is 15.8. The number of rotatable bonds is 6. The van der Waals surface area contributed by atoms with Crippen LogP contribution in [-0.4, -0.2) is 20.3 Å². The van der Waals surface area contributed by atoms with E-state index >= 15 is 0 Å². The predicted molar refractivity (Wildman–Crippen MR) is 65.3 cm³/mol. The van der Waals surface area contributed by atoms with Gasteiger partial charge in [0.25, 0.3) is 0 Å². The van der Waals surface area contributed by atoms with E-state index in [1.807, 2.05) is 24.3 Å². The molecule has 0 unspecified atom stereocenters. The Balaban J connectivity index is 2.73. The van der Waals surface area contributed by atoms with Gasteiger partial charge >= 0.3 is 0 Å². The molecule has 0 saturated heterocycles. The average molecular weight is 230 g/mol. The minimum atomic E-state index is -0.548. The van der Waals surface area contributed by atoms with E-state index in [4.69, 9.17) is 27.1 Å². The Morgan fingerprint density at radius 1 is 1.06 bits per heavy atom. The van der Waals surface area contributed by atoms with Crippen molar-refractivity contribution in [2.45, 2.75) is 6.29 Å². The molecular formula is C14H14O3. The van der Waals surface area contributed by atoms with Crippen LogP contribution in [-0.2, 0) is 9.47 Å². The highest BCUT2D eigenvalue weighted by molar-refractivity contribution is 5.27. The third kappa shape index (κ3) is 4.20. The second-order valence-corrected chi connectivity index (χ2v) is 3.14. The lowest BCUT2D eigenvalue weighted by molar-refractivity contribution is -0.128. The minimum absolute atomic E-state index is 0.168. The molecule has 0 bridgehead atoms. The third-order valence-corrected chi connectivity index (χ3v) is 2.02. The summed E-state index contributed by atoms with van der Waals surface area (Å²) in [7, 11) is 1.61. The van der Waals surface area contributed by atoms with Crippen molar-refractivity contribution >= 4 is 0 Å². The molecule has 17 heavy (non-hydrogen) atoms. The van der Waals surface area contributed by atoms with Crippen molar-refractivity contribution in [1.82, 2.24) is 0 Å². The van der Waals surface area contributed by atoms with Gasteiger partial charge in [-0.05, 0) is 12.1 Å². The summed E-state index contributed by atoms with van der Waals surface area (Å²) in [6, 6.07) is 7.33. The summed E-state index contributed by atoms with van der Waals surface area (Å²) in [5.41, 5.74) is 0.844. The quantitative estimate of drug-likeness (QED) is 0.552. The summed E-state index contributed by atoms with van der Waals surface area (Å²) in [6.07, 6.45) is 9.73. The molecule has 0 atom stereocenters. The fraction of sp³-hybridized carbons (Fsp3) is 0.286. The number of benzene rings is 1. The van der Waals surface area contributed by atoms with Crippen LogP contribution >= 0.6 is 0 Å². The van der Waals surface area contributed by atoms with Crippen LogP contribution in [0.1, 0.15) is 11.9 Å². The smallest absolute Gasteiger partial charge is 0.186 e. The van der Waals surface area contributed by atoms with Crippen LogP contribution in [0.2, 0.25) is 0 Å². The van der Waals surface area contributed by atoms with Crippen LogP contribution < -0.4 is 4.74 Å². The molecule has 0 heterocycles. The summed E-state index contributed by atoms with van der Waals surface area (Å²) in [5, 5.41) is 0. The lowest BCUT2D eigenvalue weighted by atomic mass is 10.2. The van der Waals surface area contributed by atoms with Gasteiger partial charge in [0.1, 0.15) is 19.0 Å². The highest BCUT2D eigenvalue weighted by atomic mass is 16.7. The van der Waals surface area contributed by atoms with Crippen LogP contribution in [0.3, 0.4) is 0 Å². The topological polar surface area (TPSA) is 27.7 Å². The maximum Gasteiger partial charge on any atom is 0.186 e. The summed E-state index contributed by atoms with van der Waals surface area (Å²) in [6.45, 7) is 0.336. The van der Waals surface area contributed by atoms with Crippen molar-refractivity contribution in [2.24, 2.45) is 0 Å². The first-order valence-corrected chi connectivity index (χ1v) is 5.06. The molecule has 0 amide bonds. The SMILES string of the molecule is C#CCOC(OCC#C)c1ccc(OC)cc1. The van der Waals surface area contributed by atoms with Gasteiger partial charge < -0.3 is 14.2 Å². The molecule has 0 radical (unpaired) electrons. The maximum absolute atomic E-state index is 5.36. The Morgan fingerprint density at radius 2 is 1.59 bits per heavy atom. The molecule has 88 valence electrons. The van der Waals surface area contributed by atoms with Crippen LogP contribution in [0.5, 0.6) is 5.75 Å². The van der Waals surface area contributed by atoms with Crippen LogP contribution in [0.15, 0.2) is 24.3 Å². The second-order valence-electron chi connectivity index (χ2n) is 3.14. The zero-order chi connectivity index (χ0) is 12.5. The molecule has 1 aromatic carbocycles. The summed E-state index contributed by atoms with van der Waals surface area (Å²) in [4.78, 5) is 0. The Kier molecular flexibility index (Phi) is 5.68. The highest BCUT2D eigenvalue weighted by Gasteiger charge is 2.11. The van der Waals surface area contributed by atoms with Gasteiger partial charge in [0.05, 0.1) is 7.11 Å². The Bertz CT molecular complexity index is 391. The van der Waals surface area contributed by atoms with E-state index in [0.29, 0.717) is 0 Å². The lowest BCUT2D eigenvalue weighted by Crippen LogP contribution is -2.09. The van der Waals surface area contributed by atoms with Crippen molar-refractivity contribution in [1.29, 1.82) is 0 Å². The second kappa shape index (κ2) is 7.35. The summed E-state index contributed by atoms with van der Waals surface area (Å²) in [5.74, 6) is 5.54. The molecule has 0 aromatic heterocycles. The largest absolute Gasteiger partial charge is 0.497 e. The van der Waals surface area contributed by atoms with E-state index < -0.39 is 6.29 Å². The molecule has 1 aromatic rings. The normalized spacial score (nSPS) is 9.65. The molecule has 0 fully saturated rings. The van der Waals surface area contributed by atoms with Gasteiger partial charge in [-0.15, -0.1) is 12.8 Å². The van der Waals surface area contributed by atoms with Gasteiger partial charge in [-0.3, -0.25) is 0 Å². The highest BCUT2D eigenvalue weighted by Crippen LogP contribution is 2.21. The Hall–Kier alpha value is -1.94. The van der Waals surface area contributed by atoms with Gasteiger partial charge in [0.2, 0.25) is 0 Å². The zero-order valence-corrected chi connectivity index (χ0v) is 9.68. The predicted octanol–water partition coefficient (Wildman–Crippen LogP) is 1.99. The molecule has 0 aliphatic carbocycles. The third-order valence-electron chi connectivity index (χ3n) is 2.02. The standard InChI is InChI=1S/C14H14O3/c1-4-10-16-14(17-11-5-2)12-6-8-13(15-3)9-7-12/h1-2,6-9,14H,10-11H2,3H3. The zero-order valence-electron chi connectivity index (χ0n) is 9.68. The number of hydrogen-bond donors (Lipinski definition) is 0. The monoisotopic (exact) mass is 230 g/mol. The van der Waals surface area contributed by atoms with E-state index in [1.165, 1.54) is 0 Å². The maximum atomic E-state index is 5.36. The Labute approximate surface area is 102 Å². The summed E-state index contributed by atoms with van der Waals surface area (Å²) >= 11 is 0. The minimum Gasteiger partial charge on any atom is -0.497 e. The number of ether oxygens (including phenoxy) is 3. The van der Waals surface area contributed by atoms with Gasteiger partial charge in [-0.25, -0.2) is 0 Å². The van der Waals surface area contributed by atoms with Crippen molar-refractivity contribution in [3.8, 4) is 30.4 Å². The molecule has 0 spiro atoms. The van der Waals surface area contributed by atoms with E-state index in [-0.39, 0.29) is 13.2 Å². The van der Waals surface area contributed by atoms with E-state index in [9.17, 15) is 0 Å². The van der Waals surface area contributed by atoms with Gasteiger partial charge in [0.15, 0.2) is 6.29 Å². The fourth-order valence-electron chi connectivity index (χ4n) is 1.25. The molecule has 3 nitrogen and oxygen atoms in total. The number of hydrogen-bond acceptors (Lipinski definition) is 3. The molecule has 0 saturated carbocycles. The van der Waals surface area contributed by atoms with Crippen molar-refractivity contribution in [3.05, 3.63) is 29.8 Å². The molecular weight excluding hydrogens is 216 g/mol. The van der Waals surface area contributed by atoms with Crippen LogP contribution in [0.25, 0.3) is 0 Å². The average Bonchev–Trinajstić information content (AvgIpc) is 2.39. The van der Waals surface area contributed by atoms with Crippen LogP contribution in [0.4, 0.5) is 0 Å². The van der Waals surface area contributed by atoms with Crippen molar-refractivity contribution < 1.29 is 14.2 Å². The van der Waals surface area contributed by atoms with E-state index in [0.717, 1.165) is 11.3 Å². The van der Waals surface area contributed by atoms with E-state index in [1.54, 1.807) is 7.11 Å². The van der Waals surface area contributed by atoms with Crippen molar-refractivity contribution in [3.63, 3.8) is 0 Å². The number of terminal acetylenes is 2.